The lowest BCUT2D eigenvalue weighted by molar-refractivity contribution is 0.0390. The number of rotatable bonds is 9. The van der Waals surface area contributed by atoms with E-state index in [1.807, 2.05) is 6.92 Å². The van der Waals surface area contributed by atoms with E-state index in [9.17, 15) is 13.2 Å². The lowest BCUT2D eigenvalue weighted by Crippen LogP contribution is -2.41. The van der Waals surface area contributed by atoms with Crippen molar-refractivity contribution in [3.8, 4) is 0 Å². The van der Waals surface area contributed by atoms with Crippen LogP contribution in [-0.4, -0.2) is 65.2 Å². The first-order valence-electron chi connectivity index (χ1n) is 8.71. The fraction of sp³-hybridized carbons (Fsp3) is 0.588. The largest absolute Gasteiger partial charge is 0.379 e. The second-order valence-corrected chi connectivity index (χ2v) is 7.76. The number of carbonyl (C=O) groups excluding carboxylic acids is 1. The van der Waals surface area contributed by atoms with Gasteiger partial charge in [0, 0.05) is 38.3 Å². The second kappa shape index (κ2) is 9.86. The van der Waals surface area contributed by atoms with Gasteiger partial charge in [0.2, 0.25) is 10.0 Å². The number of nitrogens with one attached hydrogen (secondary N) is 2. The standard InChI is InChI=1S/C17H27N3O4S/c1-2-3-7-18-17(21)15-5-4-6-16(14-15)25(22,23)19-8-9-20-10-12-24-13-11-20/h4-6,14,19H,2-3,7-13H2,1H3,(H,18,21). The third-order valence-electron chi connectivity index (χ3n) is 4.05. The molecule has 1 aromatic rings. The van der Waals surface area contributed by atoms with Crippen molar-refractivity contribution in [3.63, 3.8) is 0 Å². The zero-order valence-electron chi connectivity index (χ0n) is 14.7. The van der Waals surface area contributed by atoms with Gasteiger partial charge in [0.15, 0.2) is 0 Å². The molecule has 0 aliphatic carbocycles. The number of carbonyl (C=O) groups is 1. The summed E-state index contributed by atoms with van der Waals surface area (Å²) in [7, 11) is -3.63. The number of nitrogens with zero attached hydrogens (tertiary/aromatic N) is 1. The molecule has 0 saturated carbocycles. The van der Waals surface area contributed by atoms with Crippen molar-refractivity contribution >= 4 is 15.9 Å². The van der Waals surface area contributed by atoms with Gasteiger partial charge in [-0.05, 0) is 24.6 Å². The predicted octanol–water partition coefficient (Wildman–Crippen LogP) is 0.827. The second-order valence-electron chi connectivity index (χ2n) is 5.99. The highest BCUT2D eigenvalue weighted by Gasteiger charge is 2.17. The number of ether oxygens (including phenoxy) is 1. The Bertz CT molecular complexity index is 658. The van der Waals surface area contributed by atoms with Crippen LogP contribution in [0.1, 0.15) is 30.1 Å². The Morgan fingerprint density at radius 1 is 1.24 bits per heavy atom. The van der Waals surface area contributed by atoms with Crippen molar-refractivity contribution in [2.75, 3.05) is 45.9 Å². The first-order valence-corrected chi connectivity index (χ1v) is 10.2. The lowest BCUT2D eigenvalue weighted by Gasteiger charge is -2.26. The number of benzene rings is 1. The smallest absolute Gasteiger partial charge is 0.251 e. The van der Waals surface area contributed by atoms with E-state index in [0.29, 0.717) is 38.4 Å². The SMILES string of the molecule is CCCCNC(=O)c1cccc(S(=O)(=O)NCCN2CCOCC2)c1. The molecule has 0 aromatic heterocycles. The van der Waals surface area contributed by atoms with Crippen molar-refractivity contribution < 1.29 is 17.9 Å². The van der Waals surface area contributed by atoms with E-state index in [1.165, 1.54) is 12.1 Å². The molecule has 1 fully saturated rings. The number of unbranched alkanes of at least 4 members (excludes halogenated alkanes) is 1. The molecule has 0 bridgehead atoms. The van der Waals surface area contributed by atoms with Gasteiger partial charge in [-0.3, -0.25) is 9.69 Å². The highest BCUT2D eigenvalue weighted by atomic mass is 32.2. The monoisotopic (exact) mass is 369 g/mol. The van der Waals surface area contributed by atoms with Crippen molar-refractivity contribution in [1.29, 1.82) is 0 Å². The summed E-state index contributed by atoms with van der Waals surface area (Å²) in [6.07, 6.45) is 1.88. The van der Waals surface area contributed by atoms with Gasteiger partial charge in [0.1, 0.15) is 0 Å². The molecule has 1 aromatic carbocycles. The first kappa shape index (κ1) is 19.8. The Kier molecular flexibility index (Phi) is 7.83. The van der Waals surface area contributed by atoms with E-state index in [-0.39, 0.29) is 10.8 Å². The van der Waals surface area contributed by atoms with E-state index in [2.05, 4.69) is 14.9 Å². The highest BCUT2D eigenvalue weighted by Crippen LogP contribution is 2.11. The normalized spacial score (nSPS) is 15.9. The van der Waals surface area contributed by atoms with Crippen LogP contribution in [0.15, 0.2) is 29.2 Å². The molecular formula is C17H27N3O4S. The van der Waals surface area contributed by atoms with E-state index >= 15 is 0 Å². The average molecular weight is 369 g/mol. The molecule has 0 radical (unpaired) electrons. The fourth-order valence-corrected chi connectivity index (χ4v) is 3.60. The first-order chi connectivity index (χ1) is 12.0. The predicted molar refractivity (Wildman–Crippen MR) is 96.1 cm³/mol. The molecule has 1 heterocycles. The van der Waals surface area contributed by atoms with Crippen LogP contribution in [0, 0.1) is 0 Å². The van der Waals surface area contributed by atoms with Gasteiger partial charge in [-0.15, -0.1) is 0 Å². The molecule has 0 spiro atoms. The van der Waals surface area contributed by atoms with Gasteiger partial charge in [-0.25, -0.2) is 13.1 Å². The summed E-state index contributed by atoms with van der Waals surface area (Å²) in [4.78, 5) is 14.3. The van der Waals surface area contributed by atoms with E-state index < -0.39 is 10.0 Å². The Morgan fingerprint density at radius 3 is 2.72 bits per heavy atom. The third kappa shape index (κ3) is 6.39. The summed E-state index contributed by atoms with van der Waals surface area (Å²) in [5.41, 5.74) is 0.354. The van der Waals surface area contributed by atoms with Gasteiger partial charge in [-0.1, -0.05) is 19.4 Å². The zero-order chi connectivity index (χ0) is 18.1. The van der Waals surface area contributed by atoms with E-state index in [0.717, 1.165) is 25.9 Å². The molecule has 0 unspecified atom stereocenters. The highest BCUT2D eigenvalue weighted by molar-refractivity contribution is 7.89. The molecule has 25 heavy (non-hydrogen) atoms. The Hall–Kier alpha value is -1.48. The summed E-state index contributed by atoms with van der Waals surface area (Å²) in [5, 5.41) is 2.79. The number of sulfonamides is 1. The summed E-state index contributed by atoms with van der Waals surface area (Å²) >= 11 is 0. The number of amides is 1. The summed E-state index contributed by atoms with van der Waals surface area (Å²) in [6, 6.07) is 6.12. The van der Waals surface area contributed by atoms with Crippen molar-refractivity contribution in [1.82, 2.24) is 14.9 Å². The van der Waals surface area contributed by atoms with Crippen LogP contribution in [0.2, 0.25) is 0 Å². The van der Waals surface area contributed by atoms with Crippen LogP contribution in [-0.2, 0) is 14.8 Å². The topological polar surface area (TPSA) is 87.7 Å². The molecule has 1 aliphatic rings. The molecule has 2 rings (SSSR count). The molecule has 140 valence electrons. The van der Waals surface area contributed by atoms with Crippen LogP contribution in [0.3, 0.4) is 0 Å². The number of hydrogen-bond donors (Lipinski definition) is 2. The Labute approximate surface area is 149 Å². The van der Waals surface area contributed by atoms with Crippen molar-refractivity contribution in [3.05, 3.63) is 29.8 Å². The summed E-state index contributed by atoms with van der Waals surface area (Å²) < 4.78 is 32.7. The molecule has 1 saturated heterocycles. The lowest BCUT2D eigenvalue weighted by atomic mass is 10.2. The molecule has 1 amide bonds. The summed E-state index contributed by atoms with van der Waals surface area (Å²) in [6.45, 7) is 6.59. The van der Waals surface area contributed by atoms with E-state index in [4.69, 9.17) is 4.74 Å². The van der Waals surface area contributed by atoms with Crippen molar-refractivity contribution in [2.45, 2.75) is 24.7 Å². The van der Waals surface area contributed by atoms with Gasteiger partial charge < -0.3 is 10.1 Å². The number of morpholine rings is 1. The van der Waals surface area contributed by atoms with Gasteiger partial charge in [0.05, 0.1) is 18.1 Å². The fourth-order valence-electron chi connectivity index (χ4n) is 2.53. The number of hydrogen-bond acceptors (Lipinski definition) is 5. The molecule has 7 nitrogen and oxygen atoms in total. The molecule has 8 heteroatoms. The minimum absolute atomic E-state index is 0.109. The average Bonchev–Trinajstić information content (AvgIpc) is 2.63. The van der Waals surface area contributed by atoms with Crippen LogP contribution < -0.4 is 10.0 Å². The van der Waals surface area contributed by atoms with Crippen molar-refractivity contribution in [2.24, 2.45) is 0 Å². The van der Waals surface area contributed by atoms with Gasteiger partial charge >= 0.3 is 0 Å². The van der Waals surface area contributed by atoms with Crippen LogP contribution in [0.5, 0.6) is 0 Å². The third-order valence-corrected chi connectivity index (χ3v) is 5.50. The maximum absolute atomic E-state index is 12.4. The Morgan fingerprint density at radius 2 is 2.00 bits per heavy atom. The van der Waals surface area contributed by atoms with Gasteiger partial charge in [0.25, 0.3) is 5.91 Å². The zero-order valence-corrected chi connectivity index (χ0v) is 15.5. The maximum Gasteiger partial charge on any atom is 0.251 e. The van der Waals surface area contributed by atoms with Crippen LogP contribution in [0.25, 0.3) is 0 Å². The van der Waals surface area contributed by atoms with Gasteiger partial charge in [-0.2, -0.15) is 0 Å². The van der Waals surface area contributed by atoms with E-state index in [1.54, 1.807) is 12.1 Å². The molecule has 1 aliphatic heterocycles. The summed E-state index contributed by atoms with van der Waals surface area (Å²) in [5.74, 6) is -0.251. The molecule has 2 N–H and O–H groups in total. The maximum atomic E-state index is 12.4. The minimum atomic E-state index is -3.63. The molecular weight excluding hydrogens is 342 g/mol. The van der Waals surface area contributed by atoms with Crippen LogP contribution in [0.4, 0.5) is 0 Å². The molecule has 0 atom stereocenters. The minimum Gasteiger partial charge on any atom is -0.379 e. The Balaban J connectivity index is 1.91. The van der Waals surface area contributed by atoms with Crippen LogP contribution >= 0.6 is 0 Å². The quantitative estimate of drug-likeness (QED) is 0.630.